The first-order chi connectivity index (χ1) is 18.4. The van der Waals surface area contributed by atoms with Crippen molar-refractivity contribution in [3.8, 4) is 0 Å². The molecule has 1 aromatic heterocycles. The lowest BCUT2D eigenvalue weighted by Crippen LogP contribution is -2.46. The van der Waals surface area contributed by atoms with Crippen LogP contribution < -0.4 is 10.6 Å². The Hall–Kier alpha value is -4.24. The van der Waals surface area contributed by atoms with E-state index in [1.54, 1.807) is 12.1 Å². The Bertz CT molecular complexity index is 1470. The van der Waals surface area contributed by atoms with Crippen LogP contribution in [0.2, 0.25) is 0 Å². The van der Waals surface area contributed by atoms with Gasteiger partial charge in [0.05, 0.1) is 31.4 Å². The molecule has 0 fully saturated rings. The van der Waals surface area contributed by atoms with Gasteiger partial charge in [0.2, 0.25) is 0 Å². The first-order valence-corrected chi connectivity index (χ1v) is 12.8. The summed E-state index contributed by atoms with van der Waals surface area (Å²) in [6, 6.07) is 18.6. The minimum Gasteiger partial charge on any atom is -0.468 e. The van der Waals surface area contributed by atoms with E-state index in [1.165, 1.54) is 48.7 Å². The van der Waals surface area contributed by atoms with Crippen LogP contribution in [0.3, 0.4) is 0 Å². The van der Waals surface area contributed by atoms with Crippen LogP contribution in [-0.4, -0.2) is 31.9 Å². The molecule has 2 aromatic carbocycles. The van der Waals surface area contributed by atoms with Gasteiger partial charge in [0.25, 0.3) is 0 Å². The molecule has 9 heteroatoms. The second-order valence-electron chi connectivity index (χ2n) is 9.00. The number of esters is 2. The summed E-state index contributed by atoms with van der Waals surface area (Å²) in [4.78, 5) is 42.9. The molecule has 0 spiro atoms. The van der Waals surface area contributed by atoms with Crippen LogP contribution >= 0.6 is 11.3 Å². The third-order valence-electron chi connectivity index (χ3n) is 7.02. The van der Waals surface area contributed by atoms with Gasteiger partial charge in [-0.3, -0.25) is 14.5 Å². The van der Waals surface area contributed by atoms with Gasteiger partial charge in [0.15, 0.2) is 5.78 Å². The lowest BCUT2D eigenvalue weighted by atomic mass is 9.68. The minimum atomic E-state index is -1.14. The van der Waals surface area contributed by atoms with Gasteiger partial charge in [-0.05, 0) is 41.6 Å². The number of nitrogens with zero attached hydrogens (tertiary/aromatic N) is 1. The number of halogens is 1. The number of thiophene rings is 1. The number of anilines is 1. The fraction of sp³-hybridized carbons (Fsp3) is 0.207. The Kier molecular flexibility index (Phi) is 6.86. The zero-order valence-electron chi connectivity index (χ0n) is 20.7. The van der Waals surface area contributed by atoms with Crippen molar-refractivity contribution in [2.24, 2.45) is 11.7 Å². The van der Waals surface area contributed by atoms with Crippen LogP contribution in [0.1, 0.15) is 28.7 Å². The number of benzene rings is 2. The van der Waals surface area contributed by atoms with E-state index < -0.39 is 41.3 Å². The van der Waals surface area contributed by atoms with Gasteiger partial charge in [-0.15, -0.1) is 11.3 Å². The Morgan fingerprint density at radius 2 is 1.79 bits per heavy atom. The predicted molar refractivity (Wildman–Crippen MR) is 141 cm³/mol. The predicted octanol–water partition coefficient (Wildman–Crippen LogP) is 4.63. The molecular formula is C29H25FN2O5S. The number of carbonyl (C=O) groups is 3. The molecule has 1 aliphatic carbocycles. The van der Waals surface area contributed by atoms with Crippen molar-refractivity contribution in [2.45, 2.75) is 18.3 Å². The molecule has 2 heterocycles. The van der Waals surface area contributed by atoms with E-state index in [1.807, 2.05) is 41.8 Å². The number of allylic oxidation sites excluding steroid dienone is 2. The molecule has 0 bridgehead atoms. The third-order valence-corrected chi connectivity index (χ3v) is 7.96. The number of rotatable bonds is 5. The Labute approximate surface area is 223 Å². The molecule has 0 saturated heterocycles. The molecule has 2 aliphatic rings. The highest BCUT2D eigenvalue weighted by Crippen LogP contribution is 2.52. The van der Waals surface area contributed by atoms with Gasteiger partial charge in [0.1, 0.15) is 17.6 Å². The van der Waals surface area contributed by atoms with Crippen LogP contribution in [0, 0.1) is 11.7 Å². The Balaban J connectivity index is 1.82. The van der Waals surface area contributed by atoms with Crippen LogP contribution in [0.15, 0.2) is 94.8 Å². The summed E-state index contributed by atoms with van der Waals surface area (Å²) >= 11 is 1.35. The van der Waals surface area contributed by atoms with E-state index in [0.29, 0.717) is 16.3 Å². The van der Waals surface area contributed by atoms with E-state index in [9.17, 15) is 18.8 Å². The van der Waals surface area contributed by atoms with Crippen molar-refractivity contribution >= 4 is 34.7 Å². The lowest BCUT2D eigenvalue weighted by Gasteiger charge is -2.43. The molecule has 7 nitrogen and oxygen atoms in total. The number of Topliss-reactive ketones (excluding diaryl/α,β-unsaturated/α-hetero) is 1. The molecule has 2 N–H and O–H groups in total. The highest BCUT2D eigenvalue weighted by atomic mass is 32.1. The summed E-state index contributed by atoms with van der Waals surface area (Å²) in [5.74, 6) is -4.90. The second-order valence-corrected chi connectivity index (χ2v) is 9.98. The molecule has 194 valence electrons. The van der Waals surface area contributed by atoms with E-state index in [4.69, 9.17) is 15.2 Å². The van der Waals surface area contributed by atoms with E-state index in [2.05, 4.69) is 0 Å². The summed E-state index contributed by atoms with van der Waals surface area (Å²) in [6.07, 6.45) is 0.221. The van der Waals surface area contributed by atoms with Crippen molar-refractivity contribution in [3.05, 3.63) is 111 Å². The van der Waals surface area contributed by atoms with Crippen molar-refractivity contribution in [3.63, 3.8) is 0 Å². The molecule has 3 aromatic rings. The van der Waals surface area contributed by atoms with Crippen LogP contribution in [-0.2, 0) is 23.9 Å². The maximum Gasteiger partial charge on any atom is 0.338 e. The van der Waals surface area contributed by atoms with Crippen molar-refractivity contribution in [2.75, 3.05) is 19.1 Å². The van der Waals surface area contributed by atoms with Crippen LogP contribution in [0.5, 0.6) is 0 Å². The average molecular weight is 533 g/mol. The van der Waals surface area contributed by atoms with Crippen LogP contribution in [0.25, 0.3) is 0 Å². The standard InChI is InChI=1S/C29H25FN2O5S/c1-36-28(34)22-19(16-8-4-3-5-9-16)15-20-23(26(22)33)24(21-12-7-13-38-21)25(29(35)37-2)27(31)32(20)18-11-6-10-17(30)14-18/h3-14,19,22,24H,15,31H2,1-2H3. The molecule has 1 aliphatic heterocycles. The highest BCUT2D eigenvalue weighted by molar-refractivity contribution is 7.10. The van der Waals surface area contributed by atoms with Gasteiger partial charge in [0, 0.05) is 22.1 Å². The normalized spacial score (nSPS) is 21.3. The monoisotopic (exact) mass is 532 g/mol. The number of hydrogen-bond donors (Lipinski definition) is 1. The number of hydrogen-bond acceptors (Lipinski definition) is 8. The van der Waals surface area contributed by atoms with Gasteiger partial charge in [-0.25, -0.2) is 9.18 Å². The molecule has 0 amide bonds. The first-order valence-electron chi connectivity index (χ1n) is 11.9. The SMILES string of the molecule is COC(=O)C1=C(N)N(c2cccc(F)c2)C2=C(C(=O)C(C(=O)OC)C(c3ccccc3)C2)C1c1cccs1. The summed E-state index contributed by atoms with van der Waals surface area (Å²) in [6.45, 7) is 0. The maximum atomic E-state index is 14.4. The number of carbonyl (C=O) groups excluding carboxylic acids is 3. The Morgan fingerprint density at radius 1 is 1.03 bits per heavy atom. The molecule has 3 unspecified atom stereocenters. The van der Waals surface area contributed by atoms with E-state index in [-0.39, 0.29) is 23.4 Å². The number of methoxy groups -OCH3 is 2. The van der Waals surface area contributed by atoms with Gasteiger partial charge >= 0.3 is 11.9 Å². The molecule has 3 atom stereocenters. The van der Waals surface area contributed by atoms with Crippen molar-refractivity contribution in [1.82, 2.24) is 0 Å². The fourth-order valence-electron chi connectivity index (χ4n) is 5.40. The third kappa shape index (κ3) is 4.18. The largest absolute Gasteiger partial charge is 0.468 e. The zero-order valence-corrected chi connectivity index (χ0v) is 21.5. The summed E-state index contributed by atoms with van der Waals surface area (Å²) < 4.78 is 24.6. The number of ether oxygens (including phenoxy) is 2. The maximum absolute atomic E-state index is 14.4. The molecule has 0 radical (unpaired) electrons. The van der Waals surface area contributed by atoms with Crippen molar-refractivity contribution < 1.29 is 28.2 Å². The van der Waals surface area contributed by atoms with E-state index in [0.717, 1.165) is 5.56 Å². The molecular weight excluding hydrogens is 507 g/mol. The zero-order chi connectivity index (χ0) is 27.0. The smallest absolute Gasteiger partial charge is 0.338 e. The first kappa shape index (κ1) is 25.4. The molecule has 38 heavy (non-hydrogen) atoms. The van der Waals surface area contributed by atoms with Crippen LogP contribution in [0.4, 0.5) is 10.1 Å². The van der Waals surface area contributed by atoms with Gasteiger partial charge < -0.3 is 15.2 Å². The highest BCUT2D eigenvalue weighted by Gasteiger charge is 2.51. The average Bonchev–Trinajstić information content (AvgIpc) is 3.46. The Morgan fingerprint density at radius 3 is 2.42 bits per heavy atom. The molecule has 5 rings (SSSR count). The van der Waals surface area contributed by atoms with E-state index >= 15 is 0 Å². The quantitative estimate of drug-likeness (QED) is 0.378. The minimum absolute atomic E-state index is 0.0377. The van der Waals surface area contributed by atoms with Gasteiger partial charge in [-0.1, -0.05) is 42.5 Å². The van der Waals surface area contributed by atoms with Gasteiger partial charge in [-0.2, -0.15) is 0 Å². The fourth-order valence-corrected chi connectivity index (χ4v) is 6.24. The van der Waals surface area contributed by atoms with Crippen molar-refractivity contribution in [1.29, 1.82) is 0 Å². The number of nitrogens with two attached hydrogens (primary N) is 1. The second kappa shape index (κ2) is 10.3. The molecule has 0 saturated carbocycles. The summed E-state index contributed by atoms with van der Waals surface area (Å²) in [5.41, 5.74) is 8.60. The summed E-state index contributed by atoms with van der Waals surface area (Å²) in [7, 11) is 2.48. The topological polar surface area (TPSA) is 98.9 Å². The number of ketones is 1. The lowest BCUT2D eigenvalue weighted by molar-refractivity contribution is -0.150. The summed E-state index contributed by atoms with van der Waals surface area (Å²) in [5, 5.41) is 1.83.